The van der Waals surface area contributed by atoms with Crippen LogP contribution in [0.15, 0.2) is 16.6 Å². The molecule has 12 heteroatoms. The van der Waals surface area contributed by atoms with Crippen molar-refractivity contribution < 1.29 is 31.3 Å². The molecule has 0 saturated heterocycles. The first-order valence-corrected chi connectivity index (χ1v) is 12.4. The van der Waals surface area contributed by atoms with E-state index in [-0.39, 0.29) is 23.4 Å². The van der Waals surface area contributed by atoms with Crippen LogP contribution in [-0.4, -0.2) is 54.7 Å². The standard InChI is InChI=1S/C20H25BrFN3O6S/c1-20(2,3)31-19(26)24-9-8-15-12(10-24)14(11-30-32(5,27)28)23-25(15)16-7-6-13(21)17(22)18(16)29-4/h6-7H,8-11H2,1-5H3. The van der Waals surface area contributed by atoms with Crippen LogP contribution in [0, 0.1) is 5.82 Å². The van der Waals surface area contributed by atoms with Crippen molar-refractivity contribution in [3.8, 4) is 11.4 Å². The summed E-state index contributed by atoms with van der Waals surface area (Å²) >= 11 is 3.14. The fourth-order valence-electron chi connectivity index (χ4n) is 3.33. The molecule has 1 aromatic carbocycles. The molecule has 0 bridgehead atoms. The number of benzene rings is 1. The molecule has 32 heavy (non-hydrogen) atoms. The molecule has 176 valence electrons. The molecular formula is C20H25BrFN3O6S. The molecule has 1 aromatic heterocycles. The van der Waals surface area contributed by atoms with Crippen molar-refractivity contribution in [1.82, 2.24) is 14.7 Å². The van der Waals surface area contributed by atoms with Crippen LogP contribution >= 0.6 is 15.9 Å². The Morgan fingerprint density at radius 2 is 2.00 bits per heavy atom. The number of hydrogen-bond donors (Lipinski definition) is 0. The Hall–Kier alpha value is -2.18. The topological polar surface area (TPSA) is 100.0 Å². The lowest BCUT2D eigenvalue weighted by atomic mass is 10.1. The Labute approximate surface area is 194 Å². The van der Waals surface area contributed by atoms with Gasteiger partial charge < -0.3 is 14.4 Å². The van der Waals surface area contributed by atoms with E-state index in [1.54, 1.807) is 26.8 Å². The molecular weight excluding hydrogens is 509 g/mol. The summed E-state index contributed by atoms with van der Waals surface area (Å²) in [6.07, 6.45) is 0.843. The second kappa shape index (κ2) is 8.99. The predicted octanol–water partition coefficient (Wildman–Crippen LogP) is 3.55. The molecule has 0 spiro atoms. The van der Waals surface area contributed by atoms with Gasteiger partial charge in [0.1, 0.15) is 17.9 Å². The average molecular weight is 534 g/mol. The highest BCUT2D eigenvalue weighted by atomic mass is 79.9. The molecule has 1 aliphatic heterocycles. The van der Waals surface area contributed by atoms with Gasteiger partial charge in [-0.2, -0.15) is 13.5 Å². The second-order valence-corrected chi connectivity index (χ2v) is 10.8. The SMILES string of the molecule is COc1c(-n2nc(COS(C)(=O)=O)c3c2CCN(C(=O)OC(C)(C)C)C3)ccc(Br)c1F. The number of carbonyl (C=O) groups is 1. The largest absolute Gasteiger partial charge is 0.491 e. The van der Waals surface area contributed by atoms with Crippen molar-refractivity contribution in [3.05, 3.63) is 39.4 Å². The summed E-state index contributed by atoms with van der Waals surface area (Å²) in [7, 11) is -2.38. The molecule has 0 atom stereocenters. The van der Waals surface area contributed by atoms with E-state index in [2.05, 4.69) is 21.0 Å². The number of aromatic nitrogens is 2. The van der Waals surface area contributed by atoms with Crippen molar-refractivity contribution in [2.75, 3.05) is 19.9 Å². The molecule has 1 aliphatic rings. The zero-order valence-electron chi connectivity index (χ0n) is 18.4. The first-order chi connectivity index (χ1) is 14.8. The van der Waals surface area contributed by atoms with Gasteiger partial charge >= 0.3 is 6.09 Å². The predicted molar refractivity (Wildman–Crippen MR) is 118 cm³/mol. The lowest BCUT2D eigenvalue weighted by Crippen LogP contribution is -2.40. The van der Waals surface area contributed by atoms with E-state index in [1.165, 1.54) is 22.8 Å². The zero-order chi connectivity index (χ0) is 23.8. The summed E-state index contributed by atoms with van der Waals surface area (Å²) in [4.78, 5) is 14.1. The van der Waals surface area contributed by atoms with Crippen molar-refractivity contribution >= 4 is 32.1 Å². The van der Waals surface area contributed by atoms with Crippen LogP contribution in [0.2, 0.25) is 0 Å². The third-order valence-electron chi connectivity index (χ3n) is 4.66. The number of rotatable bonds is 5. The molecule has 0 fully saturated rings. The van der Waals surface area contributed by atoms with Gasteiger partial charge in [-0.05, 0) is 48.8 Å². The summed E-state index contributed by atoms with van der Waals surface area (Å²) < 4.78 is 55.1. The number of methoxy groups -OCH3 is 1. The molecule has 9 nitrogen and oxygen atoms in total. The van der Waals surface area contributed by atoms with Gasteiger partial charge in [-0.25, -0.2) is 13.9 Å². The van der Waals surface area contributed by atoms with Crippen LogP contribution < -0.4 is 4.74 Å². The van der Waals surface area contributed by atoms with E-state index >= 15 is 0 Å². The van der Waals surface area contributed by atoms with Crippen LogP contribution in [0.1, 0.15) is 37.7 Å². The molecule has 1 amide bonds. The van der Waals surface area contributed by atoms with Crippen molar-refractivity contribution in [1.29, 1.82) is 0 Å². The lowest BCUT2D eigenvalue weighted by molar-refractivity contribution is 0.0222. The van der Waals surface area contributed by atoms with Crippen molar-refractivity contribution in [3.63, 3.8) is 0 Å². The van der Waals surface area contributed by atoms with Gasteiger partial charge in [-0.15, -0.1) is 0 Å². The van der Waals surface area contributed by atoms with E-state index < -0.39 is 27.6 Å². The van der Waals surface area contributed by atoms with Crippen LogP contribution in [0.3, 0.4) is 0 Å². The summed E-state index contributed by atoms with van der Waals surface area (Å²) in [6.45, 7) is 5.50. The highest BCUT2D eigenvalue weighted by Crippen LogP contribution is 2.35. The van der Waals surface area contributed by atoms with Crippen LogP contribution in [0.5, 0.6) is 5.75 Å². The Morgan fingerprint density at radius 3 is 2.59 bits per heavy atom. The summed E-state index contributed by atoms with van der Waals surface area (Å²) in [6, 6.07) is 3.17. The normalized spacial score (nSPS) is 14.3. The second-order valence-electron chi connectivity index (χ2n) is 8.32. The van der Waals surface area contributed by atoms with Gasteiger partial charge in [0, 0.05) is 18.5 Å². The fraction of sp³-hybridized carbons (Fsp3) is 0.500. The number of hydrogen-bond acceptors (Lipinski definition) is 7. The van der Waals surface area contributed by atoms with Crippen LogP contribution in [0.4, 0.5) is 9.18 Å². The molecule has 0 saturated carbocycles. The van der Waals surface area contributed by atoms with Gasteiger partial charge in [0.15, 0.2) is 11.6 Å². The summed E-state index contributed by atoms with van der Waals surface area (Å²) in [5.74, 6) is -0.607. The molecule has 2 heterocycles. The third kappa shape index (κ3) is 5.41. The maximum absolute atomic E-state index is 14.6. The minimum atomic E-state index is -3.73. The number of nitrogens with zero attached hydrogens (tertiary/aromatic N) is 3. The highest BCUT2D eigenvalue weighted by Gasteiger charge is 2.32. The maximum atomic E-state index is 14.6. The fourth-order valence-corrected chi connectivity index (χ4v) is 3.97. The number of halogens is 2. The van der Waals surface area contributed by atoms with Crippen LogP contribution in [0.25, 0.3) is 5.69 Å². The van der Waals surface area contributed by atoms with Gasteiger partial charge in [-0.3, -0.25) is 4.18 Å². The number of carbonyl (C=O) groups excluding carboxylic acids is 1. The van der Waals surface area contributed by atoms with Crippen LogP contribution in [-0.2, 0) is 38.6 Å². The molecule has 3 rings (SSSR count). The zero-order valence-corrected chi connectivity index (χ0v) is 20.8. The van der Waals surface area contributed by atoms with E-state index in [4.69, 9.17) is 13.7 Å². The average Bonchev–Trinajstić information content (AvgIpc) is 3.04. The van der Waals surface area contributed by atoms with Crippen molar-refractivity contribution in [2.45, 2.75) is 45.9 Å². The Bertz CT molecular complexity index is 1140. The lowest BCUT2D eigenvalue weighted by Gasteiger charge is -2.30. The maximum Gasteiger partial charge on any atom is 0.410 e. The minimum absolute atomic E-state index is 0.0187. The minimum Gasteiger partial charge on any atom is -0.491 e. The Morgan fingerprint density at radius 1 is 1.31 bits per heavy atom. The van der Waals surface area contributed by atoms with Gasteiger partial charge in [0.25, 0.3) is 10.1 Å². The third-order valence-corrected chi connectivity index (χ3v) is 5.82. The Balaban J connectivity index is 2.06. The molecule has 0 unspecified atom stereocenters. The number of ether oxygens (including phenoxy) is 2. The molecule has 0 aliphatic carbocycles. The molecule has 0 N–H and O–H groups in total. The first-order valence-electron chi connectivity index (χ1n) is 9.75. The Kier molecular flexibility index (Phi) is 6.87. The van der Waals surface area contributed by atoms with E-state index in [1.807, 2.05) is 0 Å². The van der Waals surface area contributed by atoms with Gasteiger partial charge in [0.2, 0.25) is 0 Å². The van der Waals surface area contributed by atoms with E-state index in [0.29, 0.717) is 35.6 Å². The molecule has 2 aromatic rings. The highest BCUT2D eigenvalue weighted by molar-refractivity contribution is 9.10. The number of fused-ring (bicyclic) bond motifs is 1. The molecule has 0 radical (unpaired) electrons. The summed E-state index contributed by atoms with van der Waals surface area (Å²) in [5.41, 5.74) is 1.34. The summed E-state index contributed by atoms with van der Waals surface area (Å²) in [5, 5.41) is 4.50. The monoisotopic (exact) mass is 533 g/mol. The van der Waals surface area contributed by atoms with E-state index in [0.717, 1.165) is 6.26 Å². The van der Waals surface area contributed by atoms with E-state index in [9.17, 15) is 17.6 Å². The van der Waals surface area contributed by atoms with Gasteiger partial charge in [0.05, 0.1) is 35.8 Å². The van der Waals surface area contributed by atoms with Gasteiger partial charge in [-0.1, -0.05) is 0 Å². The van der Waals surface area contributed by atoms with Crippen molar-refractivity contribution in [2.24, 2.45) is 0 Å². The quantitative estimate of drug-likeness (QED) is 0.541. The first kappa shape index (κ1) is 24.5. The number of amides is 1. The smallest absolute Gasteiger partial charge is 0.410 e.